The number of aryl methyl sites for hydroxylation is 1. The lowest BCUT2D eigenvalue weighted by Crippen LogP contribution is -2.34. The second-order valence-electron chi connectivity index (χ2n) is 7.32. The van der Waals surface area contributed by atoms with Gasteiger partial charge in [0.25, 0.3) is 0 Å². The predicted molar refractivity (Wildman–Crippen MR) is 83.8 cm³/mol. The molecule has 4 nitrogen and oxygen atoms in total. The van der Waals surface area contributed by atoms with E-state index in [1.165, 1.54) is 43.7 Å². The van der Waals surface area contributed by atoms with Crippen LogP contribution in [0.15, 0.2) is 6.20 Å². The lowest BCUT2D eigenvalue weighted by atomic mass is 9.89. The van der Waals surface area contributed by atoms with Crippen molar-refractivity contribution in [3.05, 3.63) is 17.5 Å². The Hall–Kier alpha value is -0.870. The van der Waals surface area contributed by atoms with Crippen molar-refractivity contribution in [2.45, 2.75) is 45.6 Å². The fourth-order valence-electron chi connectivity index (χ4n) is 3.15. The molecular weight excluding hydrogens is 248 g/mol. The summed E-state index contributed by atoms with van der Waals surface area (Å²) >= 11 is 0. The smallest absolute Gasteiger partial charge is 0.0722 e. The average Bonchev–Trinajstić information content (AvgIpc) is 2.71. The summed E-state index contributed by atoms with van der Waals surface area (Å²) in [6.07, 6.45) is 4.80. The molecule has 1 fully saturated rings. The maximum atomic E-state index is 4.66. The highest BCUT2D eigenvalue weighted by atomic mass is 15.3. The van der Waals surface area contributed by atoms with E-state index < -0.39 is 0 Å². The van der Waals surface area contributed by atoms with Gasteiger partial charge in [-0.05, 0) is 38.9 Å². The minimum atomic E-state index is 0.117. The largest absolute Gasteiger partial charge is 0.317 e. The molecule has 1 N–H and O–H groups in total. The van der Waals surface area contributed by atoms with Crippen LogP contribution in [0.5, 0.6) is 0 Å². The van der Waals surface area contributed by atoms with Crippen molar-refractivity contribution >= 4 is 0 Å². The van der Waals surface area contributed by atoms with Gasteiger partial charge in [-0.3, -0.25) is 4.68 Å². The van der Waals surface area contributed by atoms with Gasteiger partial charge in [0, 0.05) is 37.3 Å². The van der Waals surface area contributed by atoms with Crippen LogP contribution >= 0.6 is 0 Å². The maximum Gasteiger partial charge on any atom is 0.0722 e. The van der Waals surface area contributed by atoms with Crippen LogP contribution in [0.2, 0.25) is 0 Å². The fourth-order valence-corrected chi connectivity index (χ4v) is 3.15. The molecule has 0 amide bonds. The molecule has 2 heterocycles. The number of nitrogens with one attached hydrogen (secondary N) is 1. The molecule has 0 unspecified atom stereocenters. The molecule has 1 aliphatic heterocycles. The Morgan fingerprint density at radius 3 is 2.60 bits per heavy atom. The highest BCUT2D eigenvalue weighted by molar-refractivity contribution is 5.23. The van der Waals surface area contributed by atoms with E-state index in [9.17, 15) is 0 Å². The van der Waals surface area contributed by atoms with Gasteiger partial charge in [0.15, 0.2) is 0 Å². The van der Waals surface area contributed by atoms with E-state index in [2.05, 4.69) is 49.3 Å². The first-order valence-corrected chi connectivity index (χ1v) is 7.78. The molecular formula is C16H30N4. The van der Waals surface area contributed by atoms with Gasteiger partial charge in [-0.15, -0.1) is 0 Å². The Labute approximate surface area is 123 Å². The molecule has 2 rings (SSSR count). The minimum Gasteiger partial charge on any atom is -0.317 e. The monoisotopic (exact) mass is 278 g/mol. The van der Waals surface area contributed by atoms with E-state index in [1.807, 2.05) is 11.7 Å². The summed E-state index contributed by atoms with van der Waals surface area (Å²) in [5.74, 6) is 0.844. The van der Waals surface area contributed by atoms with Crippen molar-refractivity contribution in [2.75, 3.05) is 26.7 Å². The van der Waals surface area contributed by atoms with E-state index in [-0.39, 0.29) is 5.41 Å². The Morgan fingerprint density at radius 2 is 2.00 bits per heavy atom. The van der Waals surface area contributed by atoms with Crippen LogP contribution < -0.4 is 5.32 Å². The lowest BCUT2D eigenvalue weighted by molar-refractivity contribution is 0.233. The van der Waals surface area contributed by atoms with Crippen LogP contribution in [0.3, 0.4) is 0 Å². The SMILES string of the molecule is CN(Cc1cn(C)nc1C(C)(C)C)CC1CCNCC1. The molecule has 1 aliphatic rings. The topological polar surface area (TPSA) is 33.1 Å². The first-order valence-electron chi connectivity index (χ1n) is 7.78. The molecule has 0 spiro atoms. The fraction of sp³-hybridized carbons (Fsp3) is 0.812. The number of rotatable bonds is 4. The van der Waals surface area contributed by atoms with Gasteiger partial charge in [-0.2, -0.15) is 5.10 Å². The number of piperidine rings is 1. The summed E-state index contributed by atoms with van der Waals surface area (Å²) in [5, 5.41) is 8.10. The number of nitrogens with zero attached hydrogens (tertiary/aromatic N) is 3. The van der Waals surface area contributed by atoms with Gasteiger partial charge in [0.05, 0.1) is 5.69 Å². The summed E-state index contributed by atoms with van der Waals surface area (Å²) in [5.41, 5.74) is 2.72. The summed E-state index contributed by atoms with van der Waals surface area (Å²) in [7, 11) is 4.26. The Kier molecular flexibility index (Phi) is 4.86. The molecule has 1 saturated heterocycles. The van der Waals surface area contributed by atoms with E-state index >= 15 is 0 Å². The quantitative estimate of drug-likeness (QED) is 0.916. The van der Waals surface area contributed by atoms with E-state index in [4.69, 9.17) is 0 Å². The molecule has 20 heavy (non-hydrogen) atoms. The summed E-state index contributed by atoms with van der Waals surface area (Å²) in [6.45, 7) is 11.3. The zero-order chi connectivity index (χ0) is 14.8. The van der Waals surface area contributed by atoms with Crippen molar-refractivity contribution < 1.29 is 0 Å². The first kappa shape index (κ1) is 15.5. The predicted octanol–water partition coefficient (Wildman–Crippen LogP) is 2.15. The maximum absolute atomic E-state index is 4.66. The summed E-state index contributed by atoms with van der Waals surface area (Å²) < 4.78 is 1.95. The lowest BCUT2D eigenvalue weighted by Gasteiger charge is -2.28. The molecule has 0 radical (unpaired) electrons. The van der Waals surface area contributed by atoms with Crippen LogP contribution in [0.1, 0.15) is 44.9 Å². The van der Waals surface area contributed by atoms with Crippen LogP contribution in [0.4, 0.5) is 0 Å². The minimum absolute atomic E-state index is 0.117. The Morgan fingerprint density at radius 1 is 1.35 bits per heavy atom. The molecule has 0 saturated carbocycles. The second-order valence-corrected chi connectivity index (χ2v) is 7.32. The number of aromatic nitrogens is 2. The summed E-state index contributed by atoms with van der Waals surface area (Å²) in [6, 6.07) is 0. The van der Waals surface area contributed by atoms with Gasteiger partial charge in [0.1, 0.15) is 0 Å². The molecule has 114 valence electrons. The third kappa shape index (κ3) is 4.06. The zero-order valence-corrected chi connectivity index (χ0v) is 13.7. The molecule has 1 aromatic rings. The third-order valence-corrected chi connectivity index (χ3v) is 4.08. The van der Waals surface area contributed by atoms with Crippen molar-refractivity contribution in [1.29, 1.82) is 0 Å². The summed E-state index contributed by atoms with van der Waals surface area (Å²) in [4.78, 5) is 2.46. The molecule has 0 bridgehead atoms. The normalized spacial score (nSPS) is 17.9. The van der Waals surface area contributed by atoms with Gasteiger partial charge in [-0.25, -0.2) is 0 Å². The van der Waals surface area contributed by atoms with Gasteiger partial charge < -0.3 is 10.2 Å². The van der Waals surface area contributed by atoms with Gasteiger partial charge in [-0.1, -0.05) is 20.8 Å². The van der Waals surface area contributed by atoms with E-state index in [0.29, 0.717) is 0 Å². The Balaban J connectivity index is 1.98. The Bertz CT molecular complexity index is 424. The molecule has 0 atom stereocenters. The van der Waals surface area contributed by atoms with Crippen LogP contribution in [0.25, 0.3) is 0 Å². The van der Waals surface area contributed by atoms with Gasteiger partial charge in [0.2, 0.25) is 0 Å². The highest BCUT2D eigenvalue weighted by Crippen LogP contribution is 2.25. The first-order chi connectivity index (χ1) is 9.36. The van der Waals surface area contributed by atoms with Crippen molar-refractivity contribution in [3.63, 3.8) is 0 Å². The molecule has 4 heteroatoms. The van der Waals surface area contributed by atoms with Gasteiger partial charge >= 0.3 is 0 Å². The van der Waals surface area contributed by atoms with E-state index in [1.54, 1.807) is 0 Å². The van der Waals surface area contributed by atoms with Crippen LogP contribution in [-0.4, -0.2) is 41.4 Å². The molecule has 1 aromatic heterocycles. The number of hydrogen-bond acceptors (Lipinski definition) is 3. The highest BCUT2D eigenvalue weighted by Gasteiger charge is 2.23. The van der Waals surface area contributed by atoms with Crippen LogP contribution in [0, 0.1) is 5.92 Å². The molecule has 0 aliphatic carbocycles. The molecule has 0 aromatic carbocycles. The average molecular weight is 278 g/mol. The van der Waals surface area contributed by atoms with Crippen molar-refractivity contribution in [1.82, 2.24) is 20.0 Å². The zero-order valence-electron chi connectivity index (χ0n) is 13.7. The second kappa shape index (κ2) is 6.27. The van der Waals surface area contributed by atoms with E-state index in [0.717, 1.165) is 12.5 Å². The number of hydrogen-bond donors (Lipinski definition) is 1. The van der Waals surface area contributed by atoms with Crippen molar-refractivity contribution in [2.24, 2.45) is 13.0 Å². The third-order valence-electron chi connectivity index (χ3n) is 4.08. The standard InChI is InChI=1S/C16H30N4/c1-16(2,3)15-14(12-20(5)18-15)11-19(4)10-13-6-8-17-9-7-13/h12-13,17H,6-11H2,1-5H3. The van der Waals surface area contributed by atoms with Crippen LogP contribution in [-0.2, 0) is 19.0 Å². The van der Waals surface area contributed by atoms with Crippen molar-refractivity contribution in [3.8, 4) is 0 Å².